The minimum atomic E-state index is -5.08. The van der Waals surface area contributed by atoms with Crippen molar-refractivity contribution >= 4 is 72.3 Å². The van der Waals surface area contributed by atoms with E-state index in [2.05, 4.69) is 36.5 Å². The summed E-state index contributed by atoms with van der Waals surface area (Å²) in [4.78, 5) is 31.4. The summed E-state index contributed by atoms with van der Waals surface area (Å²) in [5.74, 6) is -2.27. The van der Waals surface area contributed by atoms with E-state index in [1.807, 2.05) is 10.8 Å². The molecule has 5 N–H and O–H groups in total. The minimum absolute atomic E-state index is 0.127. The highest BCUT2D eigenvalue weighted by molar-refractivity contribution is 9.10. The lowest BCUT2D eigenvalue weighted by atomic mass is 9.91. The molecule has 14 heteroatoms. The summed E-state index contributed by atoms with van der Waals surface area (Å²) in [6.45, 7) is 0. The molecule has 0 spiro atoms. The van der Waals surface area contributed by atoms with Gasteiger partial charge in [-0.3, -0.25) is 4.79 Å². The van der Waals surface area contributed by atoms with Gasteiger partial charge in [0.15, 0.2) is 0 Å². The number of thiophene rings is 2. The van der Waals surface area contributed by atoms with Gasteiger partial charge < -0.3 is 21.5 Å². The molecule has 178 valence electrons. The predicted octanol–water partition coefficient (Wildman–Crippen LogP) is 5.08. The average molecular weight is 566 g/mol. The fraction of sp³-hybridized carbons (Fsp3) is 0.368. The molecule has 8 nitrogen and oxygen atoms in total. The zero-order valence-corrected chi connectivity index (χ0v) is 20.1. The highest BCUT2D eigenvalue weighted by Crippen LogP contribution is 2.29. The van der Waals surface area contributed by atoms with Crippen LogP contribution in [-0.2, 0) is 4.79 Å². The molecule has 1 saturated carbocycles. The van der Waals surface area contributed by atoms with E-state index >= 15 is 0 Å². The highest BCUT2D eigenvalue weighted by atomic mass is 79.9. The number of fused-ring (bicyclic) bond motifs is 1. The van der Waals surface area contributed by atoms with Gasteiger partial charge in [-0.15, -0.1) is 22.7 Å². The van der Waals surface area contributed by atoms with Crippen molar-refractivity contribution in [2.75, 3.05) is 10.6 Å². The second kappa shape index (κ2) is 10.8. The Morgan fingerprint density at radius 2 is 1.91 bits per heavy atom. The molecule has 2 atom stereocenters. The fourth-order valence-electron chi connectivity index (χ4n) is 3.13. The van der Waals surface area contributed by atoms with Crippen LogP contribution < -0.4 is 16.4 Å². The number of aromatic nitrogens is 2. The average Bonchev–Trinajstić information content (AvgIpc) is 3.35. The Balaban J connectivity index is 0.000000383. The predicted molar refractivity (Wildman–Crippen MR) is 125 cm³/mol. The molecule has 0 saturated heterocycles. The molecule has 1 aliphatic carbocycles. The summed E-state index contributed by atoms with van der Waals surface area (Å²) in [6.07, 6.45) is 1.04. The maximum Gasteiger partial charge on any atom is 0.490 e. The number of carboxylic acid groups (broad SMARTS) is 1. The molecule has 0 bridgehead atoms. The van der Waals surface area contributed by atoms with Gasteiger partial charge in [-0.05, 0) is 28.8 Å². The Morgan fingerprint density at radius 1 is 1.21 bits per heavy atom. The second-order valence-electron chi connectivity index (χ2n) is 7.15. The number of hydrogen-bond acceptors (Lipinski definition) is 8. The minimum Gasteiger partial charge on any atom is -0.475 e. The zero-order valence-electron chi connectivity index (χ0n) is 16.9. The number of nitrogens with one attached hydrogen (secondary N) is 2. The summed E-state index contributed by atoms with van der Waals surface area (Å²) >= 11 is 6.37. The monoisotopic (exact) mass is 565 g/mol. The second-order valence-corrected chi connectivity index (χ2v) is 9.60. The molecule has 3 aromatic heterocycles. The van der Waals surface area contributed by atoms with Crippen LogP contribution in [0.1, 0.15) is 36.0 Å². The maximum atomic E-state index is 12.7. The first-order valence-corrected chi connectivity index (χ1v) is 12.3. The SMILES string of the molecule is N[C@H]1CCCC[C@H]1Nc1cnc2scc(C(=O)Nc3cscc3Br)c2n1.O=C(O)C(F)(F)F. The molecule has 4 rings (SSSR count). The molecule has 33 heavy (non-hydrogen) atoms. The molecule has 0 aromatic carbocycles. The van der Waals surface area contributed by atoms with Gasteiger partial charge in [0.25, 0.3) is 5.91 Å². The van der Waals surface area contributed by atoms with Gasteiger partial charge in [-0.25, -0.2) is 14.8 Å². The van der Waals surface area contributed by atoms with Crippen molar-refractivity contribution < 1.29 is 27.9 Å². The molecular formula is C19H19BrF3N5O3S2. The van der Waals surface area contributed by atoms with Crippen molar-refractivity contribution in [2.45, 2.75) is 43.9 Å². The number of nitrogens with two attached hydrogens (primary N) is 1. The standard InChI is InChI=1S/C17H18BrN5OS2.C2HF3O2/c18-10-7-25-8-13(10)22-16(24)9-6-26-17-15(9)23-14(5-20-17)21-12-4-2-1-3-11(12)19;3-2(4,5)1(6)7/h5-8,11-12H,1-4,19H2,(H,21,23)(H,22,24);(H,6,7)/t11-,12+;/m0./s1. The van der Waals surface area contributed by atoms with Gasteiger partial charge in [0.05, 0.1) is 21.9 Å². The number of hydrogen-bond donors (Lipinski definition) is 4. The van der Waals surface area contributed by atoms with Crippen LogP contribution in [0.2, 0.25) is 0 Å². The summed E-state index contributed by atoms with van der Waals surface area (Å²) in [6, 6.07) is 0.329. The molecule has 0 radical (unpaired) electrons. The number of aliphatic carboxylic acids is 1. The number of nitrogens with zero attached hydrogens (tertiary/aromatic N) is 2. The van der Waals surface area contributed by atoms with Gasteiger partial charge in [-0.2, -0.15) is 13.2 Å². The molecule has 3 aromatic rings. The maximum absolute atomic E-state index is 12.7. The van der Waals surface area contributed by atoms with Crippen LogP contribution in [0.15, 0.2) is 26.8 Å². The van der Waals surface area contributed by atoms with Crippen molar-refractivity contribution in [3.8, 4) is 0 Å². The van der Waals surface area contributed by atoms with Crippen LogP contribution in [0.3, 0.4) is 0 Å². The Labute approximate surface area is 202 Å². The molecular weight excluding hydrogens is 547 g/mol. The van der Waals surface area contributed by atoms with Crippen molar-refractivity contribution in [1.29, 1.82) is 0 Å². The summed E-state index contributed by atoms with van der Waals surface area (Å²) in [5.41, 5.74) is 8.12. The fourth-order valence-corrected chi connectivity index (χ4v) is 5.28. The molecule has 1 amide bonds. The van der Waals surface area contributed by atoms with E-state index in [-0.39, 0.29) is 18.0 Å². The van der Waals surface area contributed by atoms with Crippen LogP contribution >= 0.6 is 38.6 Å². The summed E-state index contributed by atoms with van der Waals surface area (Å²) < 4.78 is 32.6. The number of anilines is 2. The normalized spacial score (nSPS) is 18.3. The first-order chi connectivity index (χ1) is 15.6. The number of amides is 1. The van der Waals surface area contributed by atoms with Crippen LogP contribution in [0.5, 0.6) is 0 Å². The number of carbonyl (C=O) groups excluding carboxylic acids is 1. The number of rotatable bonds is 4. The first-order valence-electron chi connectivity index (χ1n) is 9.65. The van der Waals surface area contributed by atoms with Gasteiger partial charge >= 0.3 is 12.1 Å². The smallest absolute Gasteiger partial charge is 0.475 e. The third-order valence-electron chi connectivity index (χ3n) is 4.79. The van der Waals surface area contributed by atoms with Crippen molar-refractivity contribution in [2.24, 2.45) is 5.73 Å². The van der Waals surface area contributed by atoms with E-state index in [9.17, 15) is 18.0 Å². The lowest BCUT2D eigenvalue weighted by Gasteiger charge is -2.29. The van der Waals surface area contributed by atoms with E-state index in [4.69, 9.17) is 15.6 Å². The van der Waals surface area contributed by atoms with Gasteiger partial charge in [-0.1, -0.05) is 12.8 Å². The lowest BCUT2D eigenvalue weighted by molar-refractivity contribution is -0.192. The van der Waals surface area contributed by atoms with E-state index in [0.717, 1.165) is 27.8 Å². The third-order valence-corrected chi connectivity index (χ3v) is 7.36. The number of halogens is 4. The van der Waals surface area contributed by atoms with Crippen molar-refractivity contribution in [3.63, 3.8) is 0 Å². The van der Waals surface area contributed by atoms with Crippen LogP contribution in [0.4, 0.5) is 24.7 Å². The largest absolute Gasteiger partial charge is 0.490 e. The van der Waals surface area contributed by atoms with Crippen LogP contribution in [0, 0.1) is 0 Å². The van der Waals surface area contributed by atoms with E-state index in [1.165, 1.54) is 35.5 Å². The molecule has 0 unspecified atom stereocenters. The quantitative estimate of drug-likeness (QED) is 0.347. The van der Waals surface area contributed by atoms with Gasteiger partial charge in [0.1, 0.15) is 16.2 Å². The Hall–Kier alpha value is -2.29. The lowest BCUT2D eigenvalue weighted by Crippen LogP contribution is -2.42. The first kappa shape index (κ1) is 25.3. The Morgan fingerprint density at radius 3 is 2.52 bits per heavy atom. The molecule has 1 aliphatic rings. The van der Waals surface area contributed by atoms with Crippen LogP contribution in [-0.4, -0.2) is 45.2 Å². The Bertz CT molecular complexity index is 1140. The summed E-state index contributed by atoms with van der Waals surface area (Å²) in [7, 11) is 0. The topological polar surface area (TPSA) is 130 Å². The van der Waals surface area contributed by atoms with Gasteiger partial charge in [0, 0.05) is 28.2 Å². The van der Waals surface area contributed by atoms with E-state index in [1.54, 1.807) is 11.6 Å². The van der Waals surface area contributed by atoms with E-state index < -0.39 is 12.1 Å². The van der Waals surface area contributed by atoms with Crippen LogP contribution in [0.25, 0.3) is 10.3 Å². The molecule has 1 fully saturated rings. The van der Waals surface area contributed by atoms with Crippen molar-refractivity contribution in [3.05, 3.63) is 32.4 Å². The zero-order chi connectivity index (χ0) is 24.2. The number of alkyl halides is 3. The Kier molecular flexibility index (Phi) is 8.26. The van der Waals surface area contributed by atoms with Gasteiger partial charge in [0.2, 0.25) is 0 Å². The number of carboxylic acids is 1. The third kappa shape index (κ3) is 6.62. The summed E-state index contributed by atoms with van der Waals surface area (Å²) in [5, 5.41) is 19.1. The molecule has 0 aliphatic heterocycles. The highest BCUT2D eigenvalue weighted by Gasteiger charge is 2.38. The molecule has 3 heterocycles. The van der Waals surface area contributed by atoms with E-state index in [0.29, 0.717) is 16.9 Å². The van der Waals surface area contributed by atoms with Crippen molar-refractivity contribution in [1.82, 2.24) is 9.97 Å². The number of carbonyl (C=O) groups is 2.